The first-order valence-corrected chi connectivity index (χ1v) is 9.37. The summed E-state index contributed by atoms with van der Waals surface area (Å²) in [6, 6.07) is 10.3. The molecular weight excluding hydrogens is 345 g/mol. The van der Waals surface area contributed by atoms with E-state index in [2.05, 4.69) is 11.9 Å². The minimum atomic E-state index is -1.16. The Bertz CT molecular complexity index is 791. The van der Waals surface area contributed by atoms with Gasteiger partial charge >= 0.3 is 0 Å². The number of nitrogens with zero attached hydrogens (tertiary/aromatic N) is 1. The SMILES string of the molecule is CN1CCC(C2(O)c3ccc(Cl)cc3Sc3ccc(F)cc32)CC1. The number of benzene rings is 2. The van der Waals surface area contributed by atoms with E-state index >= 15 is 0 Å². The molecule has 0 saturated carbocycles. The number of aliphatic hydroxyl groups is 1. The topological polar surface area (TPSA) is 23.5 Å². The minimum absolute atomic E-state index is 0.0649. The number of piperidine rings is 1. The summed E-state index contributed by atoms with van der Waals surface area (Å²) in [5, 5.41) is 12.5. The second-order valence-corrected chi connectivity index (χ2v) is 8.25. The van der Waals surface area contributed by atoms with Crippen molar-refractivity contribution in [2.75, 3.05) is 20.1 Å². The Morgan fingerprint density at radius 2 is 1.88 bits per heavy atom. The average Bonchev–Trinajstić information content (AvgIpc) is 2.56. The lowest BCUT2D eigenvalue weighted by molar-refractivity contribution is -0.0161. The van der Waals surface area contributed by atoms with Gasteiger partial charge in [0.25, 0.3) is 0 Å². The van der Waals surface area contributed by atoms with Gasteiger partial charge in [-0.05, 0) is 69.2 Å². The molecule has 4 rings (SSSR count). The van der Waals surface area contributed by atoms with Crippen LogP contribution < -0.4 is 0 Å². The fourth-order valence-corrected chi connectivity index (χ4v) is 5.37. The van der Waals surface area contributed by atoms with Crippen LogP contribution in [0.15, 0.2) is 46.2 Å². The van der Waals surface area contributed by atoms with Gasteiger partial charge in [-0.3, -0.25) is 0 Å². The van der Waals surface area contributed by atoms with Crippen molar-refractivity contribution in [3.05, 3.63) is 58.4 Å². The summed E-state index contributed by atoms with van der Waals surface area (Å²) in [5.74, 6) is -0.242. The van der Waals surface area contributed by atoms with E-state index in [9.17, 15) is 9.50 Å². The molecule has 0 bridgehead atoms. The van der Waals surface area contributed by atoms with Crippen molar-refractivity contribution in [1.29, 1.82) is 0 Å². The molecule has 1 unspecified atom stereocenters. The van der Waals surface area contributed by atoms with E-state index in [0.717, 1.165) is 41.3 Å². The molecule has 1 saturated heterocycles. The molecule has 2 aromatic carbocycles. The first-order valence-electron chi connectivity index (χ1n) is 8.17. The molecule has 0 aliphatic carbocycles. The molecule has 1 atom stereocenters. The molecule has 2 nitrogen and oxygen atoms in total. The van der Waals surface area contributed by atoms with Gasteiger partial charge in [-0.1, -0.05) is 29.4 Å². The van der Waals surface area contributed by atoms with E-state index < -0.39 is 5.60 Å². The number of hydrogen-bond acceptors (Lipinski definition) is 3. The van der Waals surface area contributed by atoms with Crippen molar-refractivity contribution in [3.8, 4) is 0 Å². The summed E-state index contributed by atoms with van der Waals surface area (Å²) in [7, 11) is 2.10. The van der Waals surface area contributed by atoms with E-state index in [0.29, 0.717) is 10.6 Å². The van der Waals surface area contributed by atoms with Gasteiger partial charge in [0.05, 0.1) is 0 Å². The Hall–Kier alpha value is -1.07. The Morgan fingerprint density at radius 3 is 2.62 bits per heavy atom. The maximum Gasteiger partial charge on any atom is 0.123 e. The van der Waals surface area contributed by atoms with Crippen LogP contribution in [-0.2, 0) is 5.60 Å². The molecule has 24 heavy (non-hydrogen) atoms. The van der Waals surface area contributed by atoms with Crippen LogP contribution in [0.1, 0.15) is 24.0 Å². The lowest BCUT2D eigenvalue weighted by Gasteiger charge is -2.44. The van der Waals surface area contributed by atoms with Crippen LogP contribution in [0.2, 0.25) is 5.02 Å². The maximum atomic E-state index is 14.0. The summed E-state index contributed by atoms with van der Waals surface area (Å²) >= 11 is 7.72. The van der Waals surface area contributed by atoms with E-state index in [1.165, 1.54) is 12.1 Å². The molecule has 1 fully saturated rings. The Kier molecular flexibility index (Phi) is 4.12. The summed E-state index contributed by atoms with van der Waals surface area (Å²) in [6.07, 6.45) is 1.77. The van der Waals surface area contributed by atoms with Crippen LogP contribution in [0.3, 0.4) is 0 Å². The molecule has 0 aromatic heterocycles. The van der Waals surface area contributed by atoms with Gasteiger partial charge in [0.1, 0.15) is 11.4 Å². The number of halogens is 2. The molecule has 2 aliphatic rings. The molecule has 2 heterocycles. The third kappa shape index (κ3) is 2.57. The van der Waals surface area contributed by atoms with E-state index in [4.69, 9.17) is 11.6 Å². The molecule has 1 N–H and O–H groups in total. The molecular formula is C19H19ClFNOS. The zero-order valence-corrected chi connectivity index (χ0v) is 15.0. The van der Waals surface area contributed by atoms with Gasteiger partial charge in [-0.2, -0.15) is 0 Å². The van der Waals surface area contributed by atoms with Gasteiger partial charge in [0.15, 0.2) is 0 Å². The fraction of sp³-hybridized carbons (Fsp3) is 0.368. The van der Waals surface area contributed by atoms with Gasteiger partial charge in [0.2, 0.25) is 0 Å². The van der Waals surface area contributed by atoms with Crippen molar-refractivity contribution in [3.63, 3.8) is 0 Å². The zero-order valence-electron chi connectivity index (χ0n) is 13.4. The number of rotatable bonds is 1. The molecule has 0 amide bonds. The van der Waals surface area contributed by atoms with Gasteiger partial charge in [0, 0.05) is 25.9 Å². The van der Waals surface area contributed by atoms with Crippen LogP contribution in [0.5, 0.6) is 0 Å². The number of hydrogen-bond donors (Lipinski definition) is 1. The smallest absolute Gasteiger partial charge is 0.123 e. The van der Waals surface area contributed by atoms with Crippen LogP contribution in [0, 0.1) is 11.7 Å². The third-order valence-electron chi connectivity index (χ3n) is 5.24. The highest BCUT2D eigenvalue weighted by Crippen LogP contribution is 2.53. The highest BCUT2D eigenvalue weighted by Gasteiger charge is 2.46. The van der Waals surface area contributed by atoms with Crippen molar-refractivity contribution >= 4 is 23.4 Å². The first kappa shape index (κ1) is 16.4. The summed E-state index contributed by atoms with van der Waals surface area (Å²) in [5.41, 5.74) is 0.380. The minimum Gasteiger partial charge on any atom is -0.380 e. The highest BCUT2D eigenvalue weighted by atomic mass is 35.5. The third-order valence-corrected chi connectivity index (χ3v) is 6.60. The van der Waals surface area contributed by atoms with Crippen molar-refractivity contribution in [1.82, 2.24) is 4.90 Å². The second kappa shape index (κ2) is 6.03. The predicted octanol–water partition coefficient (Wildman–Crippen LogP) is 4.52. The highest BCUT2D eigenvalue weighted by molar-refractivity contribution is 7.99. The van der Waals surface area contributed by atoms with Crippen LogP contribution in [0.4, 0.5) is 4.39 Å². The average molecular weight is 364 g/mol. The second-order valence-electron chi connectivity index (χ2n) is 6.73. The van der Waals surface area contributed by atoms with Crippen LogP contribution >= 0.6 is 23.4 Å². The number of likely N-dealkylation sites (tertiary alicyclic amines) is 1. The van der Waals surface area contributed by atoms with Crippen LogP contribution in [0.25, 0.3) is 0 Å². The summed E-state index contributed by atoms with van der Waals surface area (Å²) in [4.78, 5) is 4.14. The molecule has 2 aromatic rings. The lowest BCUT2D eigenvalue weighted by atomic mass is 9.71. The zero-order chi connectivity index (χ0) is 16.9. The fourth-order valence-electron chi connectivity index (χ4n) is 3.91. The van der Waals surface area contributed by atoms with Crippen molar-refractivity contribution in [2.24, 2.45) is 5.92 Å². The molecule has 2 aliphatic heterocycles. The number of fused-ring (bicyclic) bond motifs is 2. The molecule has 5 heteroatoms. The summed E-state index contributed by atoms with van der Waals surface area (Å²) < 4.78 is 14.0. The Morgan fingerprint density at radius 1 is 1.12 bits per heavy atom. The van der Waals surface area contributed by atoms with Gasteiger partial charge < -0.3 is 10.0 Å². The summed E-state index contributed by atoms with van der Waals surface area (Å²) in [6.45, 7) is 1.88. The molecule has 126 valence electrons. The van der Waals surface area contributed by atoms with E-state index in [-0.39, 0.29) is 11.7 Å². The normalized spacial score (nSPS) is 24.5. The lowest BCUT2D eigenvalue weighted by Crippen LogP contribution is -2.44. The largest absolute Gasteiger partial charge is 0.380 e. The van der Waals surface area contributed by atoms with E-state index in [1.54, 1.807) is 17.8 Å². The monoisotopic (exact) mass is 363 g/mol. The Balaban J connectivity index is 1.89. The molecule has 0 spiro atoms. The van der Waals surface area contributed by atoms with Gasteiger partial charge in [-0.15, -0.1) is 0 Å². The standard InChI is InChI=1S/C19H19ClFNOS/c1-22-8-6-12(7-9-22)19(23)15-4-2-13(20)10-18(15)24-17-5-3-14(21)11-16(17)19/h2-5,10-12,23H,6-9H2,1H3. The predicted molar refractivity (Wildman–Crippen MR) is 95.2 cm³/mol. The van der Waals surface area contributed by atoms with Crippen molar-refractivity contribution < 1.29 is 9.50 Å². The van der Waals surface area contributed by atoms with E-state index in [1.807, 2.05) is 18.2 Å². The van der Waals surface area contributed by atoms with Crippen molar-refractivity contribution in [2.45, 2.75) is 28.2 Å². The first-order chi connectivity index (χ1) is 11.5. The van der Waals surface area contributed by atoms with Gasteiger partial charge in [-0.25, -0.2) is 4.39 Å². The van der Waals surface area contributed by atoms with Crippen LogP contribution in [-0.4, -0.2) is 30.1 Å². The maximum absolute atomic E-state index is 14.0. The Labute approximate surface area is 150 Å². The quantitative estimate of drug-likeness (QED) is 0.805. The molecule has 0 radical (unpaired) electrons.